The molecular weight excluding hydrogens is 440 g/mol. The lowest BCUT2D eigenvalue weighted by Crippen LogP contribution is -2.48. The summed E-state index contributed by atoms with van der Waals surface area (Å²) < 4.78 is 29.2. The van der Waals surface area contributed by atoms with Crippen LogP contribution in [0.25, 0.3) is 10.9 Å². The third-order valence-corrected chi connectivity index (χ3v) is 8.28. The van der Waals surface area contributed by atoms with Gasteiger partial charge >= 0.3 is 0 Å². The Bertz CT molecular complexity index is 1320. The number of hydrogen-bond acceptors (Lipinski definition) is 4. The topological polar surface area (TPSA) is 101 Å². The minimum atomic E-state index is -3.60. The lowest BCUT2D eigenvalue weighted by molar-refractivity contribution is -0.126. The van der Waals surface area contributed by atoms with E-state index in [2.05, 4.69) is 10.9 Å². The number of para-hydroxylation sites is 1. The van der Waals surface area contributed by atoms with Crippen molar-refractivity contribution in [3.63, 3.8) is 0 Å². The molecule has 0 aliphatic carbocycles. The normalized spacial score (nSPS) is 15.5. The maximum absolute atomic E-state index is 13.0. The van der Waals surface area contributed by atoms with E-state index in [9.17, 15) is 18.0 Å². The van der Waals surface area contributed by atoms with Crippen molar-refractivity contribution in [2.24, 2.45) is 13.0 Å². The summed E-state index contributed by atoms with van der Waals surface area (Å²) in [6.45, 7) is 4.33. The third kappa shape index (κ3) is 4.51. The first kappa shape index (κ1) is 23.0. The van der Waals surface area contributed by atoms with Gasteiger partial charge in [-0.1, -0.05) is 24.3 Å². The van der Waals surface area contributed by atoms with Crippen LogP contribution in [0.4, 0.5) is 0 Å². The molecule has 2 amide bonds. The van der Waals surface area contributed by atoms with Crippen LogP contribution in [-0.2, 0) is 21.9 Å². The second-order valence-electron chi connectivity index (χ2n) is 8.54. The van der Waals surface area contributed by atoms with Crippen LogP contribution in [0, 0.1) is 19.8 Å². The molecule has 8 nitrogen and oxygen atoms in total. The second-order valence-corrected chi connectivity index (χ2v) is 10.5. The zero-order valence-corrected chi connectivity index (χ0v) is 19.8. The van der Waals surface area contributed by atoms with Crippen molar-refractivity contribution in [2.45, 2.75) is 31.6 Å². The van der Waals surface area contributed by atoms with Crippen LogP contribution in [0.5, 0.6) is 0 Å². The number of hydrogen-bond donors (Lipinski definition) is 2. The molecule has 0 bridgehead atoms. The van der Waals surface area contributed by atoms with Crippen LogP contribution in [0.3, 0.4) is 0 Å². The molecule has 174 valence electrons. The fourth-order valence-electron chi connectivity index (χ4n) is 4.19. The number of benzene rings is 2. The number of amides is 2. The maximum Gasteiger partial charge on any atom is 0.271 e. The molecule has 1 aliphatic rings. The number of carbonyl (C=O) groups is 2. The van der Waals surface area contributed by atoms with Crippen molar-refractivity contribution in [3.8, 4) is 0 Å². The van der Waals surface area contributed by atoms with Crippen LogP contribution < -0.4 is 10.9 Å². The van der Waals surface area contributed by atoms with Crippen molar-refractivity contribution in [3.05, 3.63) is 65.4 Å². The molecule has 1 saturated heterocycles. The van der Waals surface area contributed by atoms with Gasteiger partial charge in [0.05, 0.1) is 10.5 Å². The molecule has 0 atom stereocenters. The summed E-state index contributed by atoms with van der Waals surface area (Å²) in [7, 11) is -1.74. The lowest BCUT2D eigenvalue weighted by Gasteiger charge is -2.30. The van der Waals surface area contributed by atoms with E-state index in [4.69, 9.17) is 0 Å². The summed E-state index contributed by atoms with van der Waals surface area (Å²) in [6.07, 6.45) is 2.50. The average Bonchev–Trinajstić information content (AvgIpc) is 3.16. The zero-order valence-electron chi connectivity index (χ0n) is 19.0. The highest BCUT2D eigenvalue weighted by molar-refractivity contribution is 7.89. The first-order chi connectivity index (χ1) is 15.7. The van der Waals surface area contributed by atoms with Gasteiger partial charge in [0.1, 0.15) is 0 Å². The Labute approximate surface area is 193 Å². The van der Waals surface area contributed by atoms with Crippen LogP contribution in [0.1, 0.15) is 34.3 Å². The smallest absolute Gasteiger partial charge is 0.271 e. The molecule has 0 radical (unpaired) electrons. The van der Waals surface area contributed by atoms with Gasteiger partial charge in [-0.3, -0.25) is 20.4 Å². The van der Waals surface area contributed by atoms with Crippen molar-refractivity contribution in [2.75, 3.05) is 13.1 Å². The van der Waals surface area contributed by atoms with Gasteiger partial charge in [0.15, 0.2) is 0 Å². The van der Waals surface area contributed by atoms with Crippen molar-refractivity contribution >= 4 is 32.7 Å². The molecule has 3 aromatic rings. The number of nitrogens with zero attached hydrogens (tertiary/aromatic N) is 2. The Kier molecular flexibility index (Phi) is 6.27. The van der Waals surface area contributed by atoms with Gasteiger partial charge in [0, 0.05) is 43.2 Å². The number of rotatable bonds is 4. The molecule has 4 rings (SSSR count). The molecule has 1 aromatic heterocycles. The minimum absolute atomic E-state index is 0.255. The Hall–Kier alpha value is -3.17. The molecular formula is C24H28N4O4S. The number of nitrogens with one attached hydrogen (secondary N) is 2. The molecule has 2 aromatic carbocycles. The minimum Gasteiger partial charge on any atom is -0.350 e. The summed E-state index contributed by atoms with van der Waals surface area (Å²) in [5.41, 5.74) is 8.36. The fraction of sp³-hybridized carbons (Fsp3) is 0.333. The van der Waals surface area contributed by atoms with Gasteiger partial charge in [0.2, 0.25) is 15.9 Å². The van der Waals surface area contributed by atoms with E-state index in [1.165, 1.54) is 4.31 Å². The third-order valence-electron chi connectivity index (χ3n) is 6.38. The lowest BCUT2D eigenvalue weighted by atomic mass is 9.98. The van der Waals surface area contributed by atoms with Gasteiger partial charge < -0.3 is 4.57 Å². The number of hydrazine groups is 1. The Morgan fingerprint density at radius 2 is 1.67 bits per heavy atom. The van der Waals surface area contributed by atoms with Gasteiger partial charge in [-0.15, -0.1) is 0 Å². The predicted octanol–water partition coefficient (Wildman–Crippen LogP) is 2.66. The monoisotopic (exact) mass is 468 g/mol. The SMILES string of the molecule is Cc1ccc(S(=O)(=O)N2CCC(C(=O)NNC(=O)c3cn(C)c4ccccc34)CC2)cc1C. The maximum atomic E-state index is 13.0. The number of fused-ring (bicyclic) bond motifs is 1. The van der Waals surface area contributed by atoms with E-state index in [0.29, 0.717) is 18.4 Å². The highest BCUT2D eigenvalue weighted by Crippen LogP contribution is 2.25. The summed E-state index contributed by atoms with van der Waals surface area (Å²) in [4.78, 5) is 25.5. The summed E-state index contributed by atoms with van der Waals surface area (Å²) >= 11 is 0. The van der Waals surface area contributed by atoms with Crippen LogP contribution in [0.2, 0.25) is 0 Å². The van der Waals surface area contributed by atoms with E-state index >= 15 is 0 Å². The summed E-state index contributed by atoms with van der Waals surface area (Å²) in [6, 6.07) is 12.7. The highest BCUT2D eigenvalue weighted by Gasteiger charge is 2.32. The molecule has 0 saturated carbocycles. The molecule has 1 aliphatic heterocycles. The van der Waals surface area contributed by atoms with E-state index in [0.717, 1.165) is 22.0 Å². The summed E-state index contributed by atoms with van der Waals surface area (Å²) in [5.74, 6) is -1.08. The Morgan fingerprint density at radius 3 is 2.36 bits per heavy atom. The predicted molar refractivity (Wildman–Crippen MR) is 126 cm³/mol. The summed E-state index contributed by atoms with van der Waals surface area (Å²) in [5, 5.41) is 0.802. The van der Waals surface area contributed by atoms with Gasteiger partial charge in [-0.25, -0.2) is 8.42 Å². The molecule has 2 heterocycles. The first-order valence-corrected chi connectivity index (χ1v) is 12.3. The molecule has 33 heavy (non-hydrogen) atoms. The Morgan fingerprint density at radius 1 is 0.970 bits per heavy atom. The van der Waals surface area contributed by atoms with Gasteiger partial charge in [0.25, 0.3) is 5.91 Å². The number of sulfonamides is 1. The van der Waals surface area contributed by atoms with E-state index in [1.54, 1.807) is 24.4 Å². The van der Waals surface area contributed by atoms with Crippen LogP contribution >= 0.6 is 0 Å². The van der Waals surface area contributed by atoms with Crippen molar-refractivity contribution in [1.29, 1.82) is 0 Å². The fourth-order valence-corrected chi connectivity index (χ4v) is 5.75. The second kappa shape index (κ2) is 8.99. The molecule has 0 unspecified atom stereocenters. The zero-order chi connectivity index (χ0) is 23.8. The van der Waals surface area contributed by atoms with E-state index in [-0.39, 0.29) is 29.8 Å². The number of piperidine rings is 1. The van der Waals surface area contributed by atoms with Gasteiger partial charge in [-0.2, -0.15) is 4.31 Å². The number of carbonyl (C=O) groups excluding carboxylic acids is 2. The average molecular weight is 469 g/mol. The molecule has 2 N–H and O–H groups in total. The molecule has 0 spiro atoms. The molecule has 9 heteroatoms. The number of aromatic nitrogens is 1. The van der Waals surface area contributed by atoms with E-state index in [1.807, 2.05) is 49.7 Å². The van der Waals surface area contributed by atoms with Crippen molar-refractivity contribution in [1.82, 2.24) is 19.7 Å². The van der Waals surface area contributed by atoms with E-state index < -0.39 is 15.9 Å². The highest BCUT2D eigenvalue weighted by atomic mass is 32.2. The van der Waals surface area contributed by atoms with Crippen LogP contribution in [-0.4, -0.2) is 42.2 Å². The van der Waals surface area contributed by atoms with Crippen LogP contribution in [0.15, 0.2) is 53.6 Å². The molecule has 1 fully saturated rings. The standard InChI is InChI=1S/C24H28N4O4S/c1-16-8-9-19(14-17(16)2)33(31,32)28-12-10-18(11-13-28)23(29)25-26-24(30)21-15-27(3)22-7-5-4-6-20(21)22/h4-9,14-15,18H,10-13H2,1-3H3,(H,25,29)(H,26,30). The van der Waals surface area contributed by atoms with Gasteiger partial charge in [-0.05, 0) is 56.0 Å². The van der Waals surface area contributed by atoms with Crippen molar-refractivity contribution < 1.29 is 18.0 Å². The first-order valence-electron chi connectivity index (χ1n) is 10.9. The quantitative estimate of drug-likeness (QED) is 0.575. The number of aryl methyl sites for hydroxylation is 3. The Balaban J connectivity index is 1.34. The largest absolute Gasteiger partial charge is 0.350 e.